The number of rotatable bonds is 2. The lowest BCUT2D eigenvalue weighted by Crippen LogP contribution is -2.32. The summed E-state index contributed by atoms with van der Waals surface area (Å²) in [5, 5.41) is -0.201. The Labute approximate surface area is 111 Å². The molecule has 4 nitrogen and oxygen atoms in total. The highest BCUT2D eigenvalue weighted by Crippen LogP contribution is 2.26. The molecule has 1 aromatic rings. The van der Waals surface area contributed by atoms with Gasteiger partial charge in [0.1, 0.15) is 5.82 Å². The average Bonchev–Trinajstić information content (AvgIpc) is 2.64. The van der Waals surface area contributed by atoms with Crippen molar-refractivity contribution in [2.45, 2.75) is 17.9 Å². The Kier molecular flexibility index (Phi) is 3.64. The quantitative estimate of drug-likeness (QED) is 0.897. The molecule has 2 atom stereocenters. The van der Waals surface area contributed by atoms with Gasteiger partial charge in [0.15, 0.2) is 0 Å². The predicted octanol–water partition coefficient (Wildman–Crippen LogP) is 1.45. The molecule has 1 fully saturated rings. The molecule has 2 N–H and O–H groups in total. The second kappa shape index (κ2) is 4.77. The van der Waals surface area contributed by atoms with Gasteiger partial charge in [0.2, 0.25) is 10.0 Å². The number of hydrogen-bond donors (Lipinski definition) is 1. The maximum Gasteiger partial charge on any atom is 0.243 e. The van der Waals surface area contributed by atoms with Gasteiger partial charge in [-0.25, -0.2) is 12.8 Å². The highest BCUT2D eigenvalue weighted by molar-refractivity contribution is 7.89. The van der Waals surface area contributed by atoms with Crippen LogP contribution in [0.1, 0.15) is 6.92 Å². The van der Waals surface area contributed by atoms with E-state index in [1.54, 1.807) is 0 Å². The third kappa shape index (κ3) is 2.38. The molecular weight excluding hydrogens is 279 g/mol. The Balaban J connectivity index is 2.34. The molecule has 0 saturated carbocycles. The van der Waals surface area contributed by atoms with Crippen LogP contribution in [-0.4, -0.2) is 31.9 Å². The van der Waals surface area contributed by atoms with Gasteiger partial charge in [-0.1, -0.05) is 18.5 Å². The molecular formula is C11H14ClFN2O2S. The summed E-state index contributed by atoms with van der Waals surface area (Å²) < 4.78 is 38.9. The molecule has 0 radical (unpaired) electrons. The van der Waals surface area contributed by atoms with E-state index in [-0.39, 0.29) is 28.4 Å². The van der Waals surface area contributed by atoms with Crippen LogP contribution in [-0.2, 0) is 10.0 Å². The van der Waals surface area contributed by atoms with E-state index in [9.17, 15) is 12.8 Å². The molecule has 1 aliphatic heterocycles. The fourth-order valence-electron chi connectivity index (χ4n) is 1.93. The first-order chi connectivity index (χ1) is 8.32. The van der Waals surface area contributed by atoms with E-state index in [1.807, 2.05) is 6.92 Å². The summed E-state index contributed by atoms with van der Waals surface area (Å²) in [5.74, 6) is -0.530. The molecule has 1 heterocycles. The van der Waals surface area contributed by atoms with Gasteiger partial charge >= 0.3 is 0 Å². The molecule has 2 unspecified atom stereocenters. The van der Waals surface area contributed by atoms with E-state index in [1.165, 1.54) is 10.4 Å². The highest BCUT2D eigenvalue weighted by Gasteiger charge is 2.35. The Bertz CT molecular complexity index is 554. The van der Waals surface area contributed by atoms with Crippen LogP contribution in [0.3, 0.4) is 0 Å². The number of benzene rings is 1. The van der Waals surface area contributed by atoms with Gasteiger partial charge in [0.25, 0.3) is 0 Å². The maximum atomic E-state index is 13.0. The van der Waals surface area contributed by atoms with E-state index in [2.05, 4.69) is 0 Å². The second-order valence-electron chi connectivity index (χ2n) is 4.54. The first-order valence-electron chi connectivity index (χ1n) is 5.53. The fraction of sp³-hybridized carbons (Fsp3) is 0.455. The van der Waals surface area contributed by atoms with Crippen LogP contribution in [0.5, 0.6) is 0 Å². The number of nitrogens with two attached hydrogens (primary N) is 1. The Hall–Kier alpha value is -0.690. The minimum atomic E-state index is -3.64. The second-order valence-corrected chi connectivity index (χ2v) is 6.88. The van der Waals surface area contributed by atoms with Crippen LogP contribution in [0.4, 0.5) is 4.39 Å². The summed E-state index contributed by atoms with van der Waals surface area (Å²) >= 11 is 5.60. The third-order valence-corrected chi connectivity index (χ3v) is 5.28. The Morgan fingerprint density at radius 2 is 2.11 bits per heavy atom. The van der Waals surface area contributed by atoms with Gasteiger partial charge in [0.05, 0.1) is 9.92 Å². The molecule has 100 valence electrons. The van der Waals surface area contributed by atoms with Crippen LogP contribution in [0.25, 0.3) is 0 Å². The Morgan fingerprint density at radius 3 is 2.61 bits per heavy atom. The molecule has 0 bridgehead atoms. The summed E-state index contributed by atoms with van der Waals surface area (Å²) in [6, 6.07) is 3.22. The molecule has 0 amide bonds. The minimum absolute atomic E-state index is 0.00444. The lowest BCUT2D eigenvalue weighted by atomic mass is 10.1. The predicted molar refractivity (Wildman–Crippen MR) is 67.3 cm³/mol. The zero-order chi connectivity index (χ0) is 13.5. The van der Waals surface area contributed by atoms with E-state index in [0.717, 1.165) is 12.1 Å². The SMILES string of the molecule is CC1CN(S(=O)(=O)c2ccc(F)c(Cl)c2)CC1N. The van der Waals surface area contributed by atoms with Crippen molar-refractivity contribution in [1.29, 1.82) is 0 Å². The minimum Gasteiger partial charge on any atom is -0.326 e. The summed E-state index contributed by atoms with van der Waals surface area (Å²) in [5.41, 5.74) is 5.81. The number of hydrogen-bond acceptors (Lipinski definition) is 3. The van der Waals surface area contributed by atoms with Crippen molar-refractivity contribution < 1.29 is 12.8 Å². The lowest BCUT2D eigenvalue weighted by molar-refractivity contribution is 0.464. The third-order valence-electron chi connectivity index (χ3n) is 3.17. The fourth-order valence-corrected chi connectivity index (χ4v) is 3.78. The van der Waals surface area contributed by atoms with Gasteiger partial charge < -0.3 is 5.73 Å². The van der Waals surface area contributed by atoms with Gasteiger partial charge in [-0.05, 0) is 24.1 Å². The smallest absolute Gasteiger partial charge is 0.243 e. The largest absolute Gasteiger partial charge is 0.326 e. The molecule has 1 aromatic carbocycles. The zero-order valence-corrected chi connectivity index (χ0v) is 11.4. The molecule has 1 aliphatic rings. The summed E-state index contributed by atoms with van der Waals surface area (Å²) in [7, 11) is -3.64. The van der Waals surface area contributed by atoms with Gasteiger partial charge in [-0.2, -0.15) is 4.31 Å². The molecule has 0 spiro atoms. The summed E-state index contributed by atoms with van der Waals surface area (Å²) in [6.07, 6.45) is 0. The van der Waals surface area contributed by atoms with Gasteiger partial charge in [-0.3, -0.25) is 0 Å². The van der Waals surface area contributed by atoms with Gasteiger partial charge in [-0.15, -0.1) is 0 Å². The van der Waals surface area contributed by atoms with Crippen LogP contribution >= 0.6 is 11.6 Å². The summed E-state index contributed by atoms with van der Waals surface area (Å²) in [6.45, 7) is 2.55. The van der Waals surface area contributed by atoms with Crippen LogP contribution in [0.15, 0.2) is 23.1 Å². The molecule has 2 rings (SSSR count). The molecule has 0 aromatic heterocycles. The van der Waals surface area contributed by atoms with Crippen molar-refractivity contribution in [1.82, 2.24) is 4.31 Å². The van der Waals surface area contributed by atoms with Crippen molar-refractivity contribution >= 4 is 21.6 Å². The monoisotopic (exact) mass is 292 g/mol. The van der Waals surface area contributed by atoms with Crippen LogP contribution in [0.2, 0.25) is 5.02 Å². The number of sulfonamides is 1. The van der Waals surface area contributed by atoms with Crippen molar-refractivity contribution in [3.05, 3.63) is 29.0 Å². The van der Waals surface area contributed by atoms with E-state index < -0.39 is 15.8 Å². The van der Waals surface area contributed by atoms with Crippen molar-refractivity contribution in [3.8, 4) is 0 Å². The van der Waals surface area contributed by atoms with Crippen LogP contribution < -0.4 is 5.73 Å². The highest BCUT2D eigenvalue weighted by atomic mass is 35.5. The molecule has 0 aliphatic carbocycles. The normalized spacial score (nSPS) is 25.6. The molecule has 18 heavy (non-hydrogen) atoms. The first-order valence-corrected chi connectivity index (χ1v) is 7.35. The topological polar surface area (TPSA) is 63.4 Å². The lowest BCUT2D eigenvalue weighted by Gasteiger charge is -2.16. The first kappa shape index (κ1) is 13.7. The van der Waals surface area contributed by atoms with Gasteiger partial charge in [0, 0.05) is 19.1 Å². The van der Waals surface area contributed by atoms with E-state index >= 15 is 0 Å². The van der Waals surface area contributed by atoms with E-state index in [4.69, 9.17) is 17.3 Å². The molecule has 7 heteroatoms. The average molecular weight is 293 g/mol. The van der Waals surface area contributed by atoms with Crippen molar-refractivity contribution in [3.63, 3.8) is 0 Å². The maximum absolute atomic E-state index is 13.0. The standard InChI is InChI=1S/C11H14ClFN2O2S/c1-7-5-15(6-11(7)14)18(16,17)8-2-3-10(13)9(12)4-8/h2-4,7,11H,5-6,14H2,1H3. The number of halogens is 2. The van der Waals surface area contributed by atoms with E-state index in [0.29, 0.717) is 6.54 Å². The van der Waals surface area contributed by atoms with Crippen molar-refractivity contribution in [2.75, 3.05) is 13.1 Å². The van der Waals surface area contributed by atoms with Crippen LogP contribution in [0, 0.1) is 11.7 Å². The van der Waals surface area contributed by atoms with Crippen molar-refractivity contribution in [2.24, 2.45) is 11.7 Å². The zero-order valence-electron chi connectivity index (χ0n) is 9.81. The Morgan fingerprint density at radius 1 is 1.44 bits per heavy atom. The summed E-state index contributed by atoms with van der Waals surface area (Å²) in [4.78, 5) is -0.00444. The molecule has 1 saturated heterocycles. The number of nitrogens with zero attached hydrogens (tertiary/aromatic N) is 1.